The van der Waals surface area contributed by atoms with Crippen LogP contribution in [0.2, 0.25) is 0 Å². The maximum Gasteiger partial charge on any atom is 0.307 e. The van der Waals surface area contributed by atoms with Gasteiger partial charge in [0.2, 0.25) is 5.91 Å². The molecule has 0 saturated carbocycles. The number of carbonyl (C=O) groups is 2. The molecule has 1 fully saturated rings. The van der Waals surface area contributed by atoms with Crippen molar-refractivity contribution in [2.45, 2.75) is 40.0 Å². The molecule has 1 aliphatic rings. The quantitative estimate of drug-likeness (QED) is 0.812. The number of carboxylic acid groups (broad SMARTS) is 1. The normalized spacial score (nSPS) is 20.1. The number of hydrogen-bond donors (Lipinski definition) is 2. The Morgan fingerprint density at radius 1 is 1.35 bits per heavy atom. The third-order valence-corrected chi connectivity index (χ3v) is 3.42. The van der Waals surface area contributed by atoms with Gasteiger partial charge >= 0.3 is 5.97 Å². The summed E-state index contributed by atoms with van der Waals surface area (Å²) < 4.78 is 0. The van der Waals surface area contributed by atoms with Gasteiger partial charge in [0.25, 0.3) is 0 Å². The van der Waals surface area contributed by atoms with Gasteiger partial charge in [0.15, 0.2) is 0 Å². The number of nitrogens with zero attached hydrogens (tertiary/aromatic N) is 1. The Kier molecular flexibility index (Phi) is 8.13. The van der Waals surface area contributed by atoms with Crippen molar-refractivity contribution in [3.05, 3.63) is 0 Å². The van der Waals surface area contributed by atoms with Crippen molar-refractivity contribution in [3.63, 3.8) is 0 Å². The van der Waals surface area contributed by atoms with Crippen LogP contribution in [0.15, 0.2) is 0 Å². The van der Waals surface area contributed by atoms with E-state index in [9.17, 15) is 9.59 Å². The zero-order valence-electron chi connectivity index (χ0n) is 12.6. The summed E-state index contributed by atoms with van der Waals surface area (Å²) in [6.45, 7) is 8.72. The van der Waals surface area contributed by atoms with Gasteiger partial charge in [0.1, 0.15) is 0 Å². The van der Waals surface area contributed by atoms with Crippen molar-refractivity contribution >= 4 is 24.3 Å². The molecule has 1 saturated heterocycles. The monoisotopic (exact) mass is 306 g/mol. The van der Waals surface area contributed by atoms with E-state index in [4.69, 9.17) is 5.11 Å². The van der Waals surface area contributed by atoms with Crippen LogP contribution in [0, 0.1) is 11.3 Å². The molecular formula is C14H27ClN2O3. The topological polar surface area (TPSA) is 69.6 Å². The molecule has 118 valence electrons. The van der Waals surface area contributed by atoms with Crippen LogP contribution in [-0.4, -0.2) is 48.1 Å². The Bertz CT molecular complexity index is 329. The van der Waals surface area contributed by atoms with Crippen LogP contribution in [0.5, 0.6) is 0 Å². The van der Waals surface area contributed by atoms with Crippen molar-refractivity contribution in [1.82, 2.24) is 10.2 Å². The predicted octanol–water partition coefficient (Wildman–Crippen LogP) is 1.76. The van der Waals surface area contributed by atoms with Gasteiger partial charge in [-0.1, -0.05) is 20.8 Å². The Morgan fingerprint density at radius 3 is 2.55 bits per heavy atom. The second kappa shape index (κ2) is 8.47. The molecule has 0 radical (unpaired) electrons. The van der Waals surface area contributed by atoms with Crippen LogP contribution in [-0.2, 0) is 9.59 Å². The summed E-state index contributed by atoms with van der Waals surface area (Å²) in [4.78, 5) is 24.7. The molecule has 0 bridgehead atoms. The Morgan fingerprint density at radius 2 is 2.00 bits per heavy atom. The molecule has 0 spiro atoms. The summed E-state index contributed by atoms with van der Waals surface area (Å²) >= 11 is 0. The number of halogens is 1. The number of nitrogens with one attached hydrogen (secondary N) is 1. The Balaban J connectivity index is 0.00000361. The lowest BCUT2D eigenvalue weighted by Gasteiger charge is -2.30. The standard InChI is InChI=1S/C14H26N2O3.ClH/c1-14(2,3)6-7-15-12(17)10-16-8-4-5-11(9-16)13(18)19;/h11H,4-10H2,1-3H3,(H,15,17)(H,18,19);1H. The number of likely N-dealkylation sites (tertiary alicyclic amines) is 1. The molecule has 0 aromatic heterocycles. The molecule has 1 aliphatic heterocycles. The van der Waals surface area contributed by atoms with E-state index >= 15 is 0 Å². The van der Waals surface area contributed by atoms with E-state index in [-0.39, 0.29) is 29.6 Å². The first-order valence-electron chi connectivity index (χ1n) is 7.00. The van der Waals surface area contributed by atoms with Gasteiger partial charge in [-0.2, -0.15) is 0 Å². The maximum absolute atomic E-state index is 11.8. The van der Waals surface area contributed by atoms with E-state index in [1.165, 1.54) is 0 Å². The Hall–Kier alpha value is -0.810. The van der Waals surface area contributed by atoms with Crippen LogP contribution in [0.25, 0.3) is 0 Å². The van der Waals surface area contributed by atoms with Crippen LogP contribution < -0.4 is 5.32 Å². The van der Waals surface area contributed by atoms with Crippen molar-refractivity contribution in [3.8, 4) is 0 Å². The summed E-state index contributed by atoms with van der Waals surface area (Å²) in [6.07, 6.45) is 2.51. The highest BCUT2D eigenvalue weighted by Crippen LogP contribution is 2.17. The van der Waals surface area contributed by atoms with Gasteiger partial charge in [-0.15, -0.1) is 12.4 Å². The van der Waals surface area contributed by atoms with Gasteiger partial charge < -0.3 is 10.4 Å². The van der Waals surface area contributed by atoms with Crippen molar-refractivity contribution in [1.29, 1.82) is 0 Å². The average Bonchev–Trinajstić information content (AvgIpc) is 2.27. The SMILES string of the molecule is CC(C)(C)CCNC(=O)CN1CCCC(C(=O)O)C1.Cl. The number of amides is 1. The molecule has 0 aromatic rings. The van der Waals surface area contributed by atoms with Crippen LogP contribution in [0.1, 0.15) is 40.0 Å². The lowest BCUT2D eigenvalue weighted by molar-refractivity contribution is -0.144. The van der Waals surface area contributed by atoms with Crippen molar-refractivity contribution < 1.29 is 14.7 Å². The molecule has 6 heteroatoms. The second-order valence-corrected chi connectivity index (χ2v) is 6.57. The van der Waals surface area contributed by atoms with Crippen LogP contribution in [0.4, 0.5) is 0 Å². The van der Waals surface area contributed by atoms with Crippen molar-refractivity contribution in [2.24, 2.45) is 11.3 Å². The highest BCUT2D eigenvalue weighted by molar-refractivity contribution is 5.85. The van der Waals surface area contributed by atoms with E-state index in [1.807, 2.05) is 4.90 Å². The molecule has 1 atom stereocenters. The van der Waals surface area contributed by atoms with Crippen molar-refractivity contribution in [2.75, 3.05) is 26.2 Å². The fraction of sp³-hybridized carbons (Fsp3) is 0.857. The van der Waals surface area contributed by atoms with Crippen LogP contribution in [0.3, 0.4) is 0 Å². The molecule has 5 nitrogen and oxygen atoms in total. The highest BCUT2D eigenvalue weighted by atomic mass is 35.5. The van der Waals surface area contributed by atoms with Gasteiger partial charge in [-0.05, 0) is 31.2 Å². The summed E-state index contributed by atoms with van der Waals surface area (Å²) in [6, 6.07) is 0. The number of carbonyl (C=O) groups excluding carboxylic acids is 1. The number of carboxylic acids is 1. The molecular weight excluding hydrogens is 280 g/mol. The predicted molar refractivity (Wildman–Crippen MR) is 81.1 cm³/mol. The number of aliphatic carboxylic acids is 1. The van der Waals surface area contributed by atoms with Gasteiger partial charge in [-0.3, -0.25) is 14.5 Å². The van der Waals surface area contributed by atoms with E-state index in [0.717, 1.165) is 25.8 Å². The van der Waals surface area contributed by atoms with E-state index in [0.29, 0.717) is 19.6 Å². The first kappa shape index (κ1) is 19.2. The number of hydrogen-bond acceptors (Lipinski definition) is 3. The average molecular weight is 307 g/mol. The smallest absolute Gasteiger partial charge is 0.307 e. The summed E-state index contributed by atoms with van der Waals surface area (Å²) in [7, 11) is 0. The first-order chi connectivity index (χ1) is 8.78. The molecule has 1 unspecified atom stereocenters. The minimum atomic E-state index is -0.752. The van der Waals surface area contributed by atoms with E-state index in [1.54, 1.807) is 0 Å². The minimum absolute atomic E-state index is 0. The van der Waals surface area contributed by atoms with Gasteiger partial charge in [0.05, 0.1) is 12.5 Å². The molecule has 1 amide bonds. The fourth-order valence-corrected chi connectivity index (χ4v) is 2.24. The summed E-state index contributed by atoms with van der Waals surface area (Å²) in [5.74, 6) is -1.08. The molecule has 0 aliphatic carbocycles. The highest BCUT2D eigenvalue weighted by Gasteiger charge is 2.26. The fourth-order valence-electron chi connectivity index (χ4n) is 2.24. The number of rotatable bonds is 5. The Labute approximate surface area is 127 Å². The molecule has 2 N–H and O–H groups in total. The van der Waals surface area contributed by atoms with Gasteiger partial charge in [-0.25, -0.2) is 0 Å². The van der Waals surface area contributed by atoms with E-state index in [2.05, 4.69) is 26.1 Å². The van der Waals surface area contributed by atoms with Gasteiger partial charge in [0, 0.05) is 13.1 Å². The lowest BCUT2D eigenvalue weighted by atomic mass is 9.92. The summed E-state index contributed by atoms with van der Waals surface area (Å²) in [5, 5.41) is 11.9. The summed E-state index contributed by atoms with van der Waals surface area (Å²) in [5.41, 5.74) is 0.215. The third kappa shape index (κ3) is 7.70. The lowest BCUT2D eigenvalue weighted by Crippen LogP contribution is -2.44. The second-order valence-electron chi connectivity index (χ2n) is 6.57. The zero-order chi connectivity index (χ0) is 14.5. The zero-order valence-corrected chi connectivity index (χ0v) is 13.5. The molecule has 0 aromatic carbocycles. The largest absolute Gasteiger partial charge is 0.481 e. The third-order valence-electron chi connectivity index (χ3n) is 3.42. The number of piperidine rings is 1. The molecule has 1 rings (SSSR count). The minimum Gasteiger partial charge on any atom is -0.481 e. The molecule has 1 heterocycles. The maximum atomic E-state index is 11.8. The first-order valence-corrected chi connectivity index (χ1v) is 7.00. The molecule has 20 heavy (non-hydrogen) atoms. The van der Waals surface area contributed by atoms with E-state index < -0.39 is 5.97 Å². The van der Waals surface area contributed by atoms with Crippen LogP contribution >= 0.6 is 12.4 Å².